The van der Waals surface area contributed by atoms with Crippen LogP contribution in [0.5, 0.6) is 5.75 Å². The molecule has 1 unspecified atom stereocenters. The van der Waals surface area contributed by atoms with Gasteiger partial charge in [-0.2, -0.15) is 0 Å². The van der Waals surface area contributed by atoms with Crippen LogP contribution in [0.25, 0.3) is 0 Å². The molecule has 1 atom stereocenters. The standard InChI is InChI=1S/C17H20ClNO/c1-12-9-15(10-13(2)17(12)18)20-16(11-19-3)14-7-5-4-6-8-14/h4-10,16,19H,11H2,1-3H3. The van der Waals surface area contributed by atoms with E-state index in [9.17, 15) is 0 Å². The number of halogens is 1. The molecule has 2 rings (SSSR count). The van der Waals surface area contributed by atoms with Gasteiger partial charge in [-0.1, -0.05) is 41.9 Å². The summed E-state index contributed by atoms with van der Waals surface area (Å²) in [4.78, 5) is 0. The Bertz CT molecular complexity index is 545. The van der Waals surface area contributed by atoms with Gasteiger partial charge in [-0.25, -0.2) is 0 Å². The highest BCUT2D eigenvalue weighted by atomic mass is 35.5. The monoisotopic (exact) mass is 289 g/mol. The molecule has 0 heterocycles. The van der Waals surface area contributed by atoms with Crippen molar-refractivity contribution in [1.29, 1.82) is 0 Å². The predicted molar refractivity (Wildman–Crippen MR) is 84.7 cm³/mol. The molecule has 0 saturated carbocycles. The molecule has 0 spiro atoms. The van der Waals surface area contributed by atoms with E-state index in [2.05, 4.69) is 17.4 Å². The van der Waals surface area contributed by atoms with Crippen LogP contribution in [0.2, 0.25) is 5.02 Å². The van der Waals surface area contributed by atoms with Gasteiger partial charge in [0.25, 0.3) is 0 Å². The molecule has 0 aliphatic heterocycles. The molecule has 3 heteroatoms. The minimum absolute atomic E-state index is 0.0128. The quantitative estimate of drug-likeness (QED) is 0.886. The first-order valence-electron chi connectivity index (χ1n) is 6.74. The maximum Gasteiger partial charge on any atom is 0.136 e. The Morgan fingerprint density at radius 1 is 1.10 bits per heavy atom. The van der Waals surface area contributed by atoms with E-state index >= 15 is 0 Å². The fourth-order valence-corrected chi connectivity index (χ4v) is 2.33. The second-order valence-electron chi connectivity index (χ2n) is 4.95. The van der Waals surface area contributed by atoms with Crippen molar-refractivity contribution in [3.63, 3.8) is 0 Å². The average Bonchev–Trinajstić information content (AvgIpc) is 2.45. The van der Waals surface area contributed by atoms with Crippen LogP contribution >= 0.6 is 11.6 Å². The van der Waals surface area contributed by atoms with Gasteiger partial charge in [0.1, 0.15) is 11.9 Å². The van der Waals surface area contributed by atoms with Gasteiger partial charge in [-0.3, -0.25) is 0 Å². The summed E-state index contributed by atoms with van der Waals surface area (Å²) in [5.41, 5.74) is 3.24. The Hall–Kier alpha value is -1.51. The van der Waals surface area contributed by atoms with Crippen molar-refractivity contribution in [2.45, 2.75) is 20.0 Å². The zero-order chi connectivity index (χ0) is 14.5. The lowest BCUT2D eigenvalue weighted by Gasteiger charge is -2.20. The first-order valence-corrected chi connectivity index (χ1v) is 7.12. The molecule has 1 N–H and O–H groups in total. The van der Waals surface area contributed by atoms with E-state index in [1.807, 2.05) is 51.2 Å². The molecule has 106 valence electrons. The van der Waals surface area contributed by atoms with Crippen molar-refractivity contribution in [2.24, 2.45) is 0 Å². The first kappa shape index (κ1) is 14.9. The van der Waals surface area contributed by atoms with Crippen LogP contribution < -0.4 is 10.1 Å². The normalized spacial score (nSPS) is 12.2. The number of ether oxygens (including phenoxy) is 1. The van der Waals surface area contributed by atoms with Crippen LogP contribution in [0.15, 0.2) is 42.5 Å². The lowest BCUT2D eigenvalue weighted by Crippen LogP contribution is -2.22. The number of likely N-dealkylation sites (N-methyl/N-ethyl adjacent to an activating group) is 1. The van der Waals surface area contributed by atoms with Gasteiger partial charge in [0.15, 0.2) is 0 Å². The van der Waals surface area contributed by atoms with E-state index < -0.39 is 0 Å². The molecule has 0 fully saturated rings. The van der Waals surface area contributed by atoms with Crippen LogP contribution in [0.4, 0.5) is 0 Å². The Morgan fingerprint density at radius 2 is 1.70 bits per heavy atom. The molecule has 0 radical (unpaired) electrons. The van der Waals surface area contributed by atoms with Crippen molar-refractivity contribution in [2.75, 3.05) is 13.6 Å². The van der Waals surface area contributed by atoms with E-state index in [-0.39, 0.29) is 6.10 Å². The second-order valence-corrected chi connectivity index (χ2v) is 5.32. The summed E-state index contributed by atoms with van der Waals surface area (Å²) in [7, 11) is 1.93. The largest absolute Gasteiger partial charge is 0.484 e. The molecule has 0 aliphatic carbocycles. The third-order valence-electron chi connectivity index (χ3n) is 3.25. The highest BCUT2D eigenvalue weighted by Crippen LogP contribution is 2.29. The Labute approximate surface area is 125 Å². The van der Waals surface area contributed by atoms with Gasteiger partial charge in [0, 0.05) is 11.6 Å². The maximum atomic E-state index is 6.20. The van der Waals surface area contributed by atoms with Crippen molar-refractivity contribution >= 4 is 11.6 Å². The summed E-state index contributed by atoms with van der Waals surface area (Å²) in [6, 6.07) is 14.2. The molecular formula is C17H20ClNO. The lowest BCUT2D eigenvalue weighted by molar-refractivity contribution is 0.204. The molecule has 2 aromatic carbocycles. The van der Waals surface area contributed by atoms with Crippen molar-refractivity contribution in [1.82, 2.24) is 5.32 Å². The summed E-state index contributed by atoms with van der Waals surface area (Å²) in [5, 5.41) is 3.98. The van der Waals surface area contributed by atoms with Crippen LogP contribution in [-0.4, -0.2) is 13.6 Å². The number of aryl methyl sites for hydroxylation is 2. The highest BCUT2D eigenvalue weighted by Gasteiger charge is 2.13. The zero-order valence-corrected chi connectivity index (χ0v) is 12.9. The zero-order valence-electron chi connectivity index (χ0n) is 12.1. The van der Waals surface area contributed by atoms with Gasteiger partial charge < -0.3 is 10.1 Å². The summed E-state index contributed by atoms with van der Waals surface area (Å²) in [6.45, 7) is 4.75. The van der Waals surface area contributed by atoms with Crippen LogP contribution in [0, 0.1) is 13.8 Å². The summed E-state index contributed by atoms with van der Waals surface area (Å²) >= 11 is 6.20. The molecule has 0 aromatic heterocycles. The highest BCUT2D eigenvalue weighted by molar-refractivity contribution is 6.32. The first-order chi connectivity index (χ1) is 9.61. The lowest BCUT2D eigenvalue weighted by atomic mass is 10.1. The van der Waals surface area contributed by atoms with Gasteiger partial charge in [0.2, 0.25) is 0 Å². The molecule has 2 nitrogen and oxygen atoms in total. The number of benzene rings is 2. The third-order valence-corrected chi connectivity index (χ3v) is 3.85. The smallest absolute Gasteiger partial charge is 0.136 e. The fraction of sp³-hybridized carbons (Fsp3) is 0.294. The van der Waals surface area contributed by atoms with E-state index in [0.29, 0.717) is 0 Å². The number of nitrogens with one attached hydrogen (secondary N) is 1. The average molecular weight is 290 g/mol. The van der Waals surface area contributed by atoms with Crippen LogP contribution in [0.1, 0.15) is 22.8 Å². The van der Waals surface area contributed by atoms with Gasteiger partial charge in [0.05, 0.1) is 0 Å². The van der Waals surface area contributed by atoms with Gasteiger partial charge >= 0.3 is 0 Å². The molecule has 0 saturated heterocycles. The summed E-state index contributed by atoms with van der Waals surface area (Å²) in [5.74, 6) is 0.855. The molecule has 0 amide bonds. The summed E-state index contributed by atoms with van der Waals surface area (Å²) in [6.07, 6.45) is -0.0128. The van der Waals surface area contributed by atoms with Crippen LogP contribution in [-0.2, 0) is 0 Å². The van der Waals surface area contributed by atoms with Crippen LogP contribution in [0.3, 0.4) is 0 Å². The Balaban J connectivity index is 2.25. The molecule has 2 aromatic rings. The Kier molecular flexibility index (Phi) is 5.05. The third kappa shape index (κ3) is 3.53. The molecule has 20 heavy (non-hydrogen) atoms. The number of rotatable bonds is 5. The SMILES string of the molecule is CNCC(Oc1cc(C)c(Cl)c(C)c1)c1ccccc1. The minimum Gasteiger partial charge on any atom is -0.484 e. The number of hydrogen-bond donors (Lipinski definition) is 1. The van der Waals surface area contributed by atoms with Crippen molar-refractivity contribution in [3.05, 3.63) is 64.2 Å². The van der Waals surface area contributed by atoms with Gasteiger partial charge in [-0.15, -0.1) is 0 Å². The van der Waals surface area contributed by atoms with Crippen molar-refractivity contribution in [3.8, 4) is 5.75 Å². The van der Waals surface area contributed by atoms with Crippen molar-refractivity contribution < 1.29 is 4.74 Å². The topological polar surface area (TPSA) is 21.3 Å². The predicted octanol–water partition coefficient (Wildman–Crippen LogP) is 4.30. The van der Waals surface area contributed by atoms with Gasteiger partial charge in [-0.05, 0) is 49.7 Å². The minimum atomic E-state index is -0.0128. The molecular weight excluding hydrogens is 270 g/mol. The Morgan fingerprint density at radius 3 is 2.25 bits per heavy atom. The maximum absolute atomic E-state index is 6.20. The summed E-state index contributed by atoms with van der Waals surface area (Å²) < 4.78 is 6.14. The van der Waals surface area contributed by atoms with E-state index in [1.165, 1.54) is 0 Å². The second kappa shape index (κ2) is 6.78. The molecule has 0 bridgehead atoms. The number of hydrogen-bond acceptors (Lipinski definition) is 2. The van der Waals surface area contributed by atoms with E-state index in [1.54, 1.807) is 0 Å². The van der Waals surface area contributed by atoms with E-state index in [4.69, 9.17) is 16.3 Å². The van der Waals surface area contributed by atoms with E-state index in [0.717, 1.165) is 34.0 Å². The fourth-order valence-electron chi connectivity index (χ4n) is 2.22. The molecule has 0 aliphatic rings.